The second-order valence-corrected chi connectivity index (χ2v) is 7.34. The summed E-state index contributed by atoms with van der Waals surface area (Å²) in [5.74, 6) is 1.36. The third-order valence-electron chi connectivity index (χ3n) is 5.04. The first-order chi connectivity index (χ1) is 9.33. The lowest BCUT2D eigenvalue weighted by Gasteiger charge is -2.32. The maximum Gasteiger partial charge on any atom is -0.0216 e. The van der Waals surface area contributed by atoms with Crippen LogP contribution < -0.4 is 0 Å². The van der Waals surface area contributed by atoms with Gasteiger partial charge in [-0.2, -0.15) is 0 Å². The Morgan fingerprint density at radius 2 is 1.70 bits per heavy atom. The lowest BCUT2D eigenvalue weighted by atomic mass is 9.73. The summed E-state index contributed by atoms with van der Waals surface area (Å²) in [5.41, 5.74) is 5.16. The van der Waals surface area contributed by atoms with E-state index in [9.17, 15) is 0 Å². The molecule has 0 N–H and O–H groups in total. The lowest BCUT2D eigenvalue weighted by molar-refractivity contribution is 0.208. The molecule has 1 aromatic carbocycles. The Balaban J connectivity index is 3.00. The van der Waals surface area contributed by atoms with Crippen molar-refractivity contribution in [1.29, 1.82) is 0 Å². The monoisotopic (exact) mass is 274 g/mol. The van der Waals surface area contributed by atoms with Crippen molar-refractivity contribution >= 4 is 0 Å². The van der Waals surface area contributed by atoms with Gasteiger partial charge in [-0.15, -0.1) is 0 Å². The highest BCUT2D eigenvalue weighted by Crippen LogP contribution is 2.35. The molecule has 0 amide bonds. The van der Waals surface area contributed by atoms with Crippen molar-refractivity contribution in [3.63, 3.8) is 0 Å². The SMILES string of the molecule is CCCC(C)(C)C(C)Cc1cccc(C(C)C)c1CC. The predicted molar refractivity (Wildman–Crippen MR) is 91.5 cm³/mol. The maximum atomic E-state index is 2.43. The Morgan fingerprint density at radius 3 is 2.20 bits per heavy atom. The minimum atomic E-state index is 0.438. The van der Waals surface area contributed by atoms with Gasteiger partial charge in [0.15, 0.2) is 0 Å². The van der Waals surface area contributed by atoms with E-state index in [2.05, 4.69) is 66.7 Å². The summed E-state index contributed by atoms with van der Waals surface area (Å²) >= 11 is 0. The lowest BCUT2D eigenvalue weighted by Crippen LogP contribution is -2.24. The fourth-order valence-electron chi connectivity index (χ4n) is 3.31. The average molecular weight is 274 g/mol. The first-order valence-corrected chi connectivity index (χ1v) is 8.44. The zero-order valence-corrected chi connectivity index (χ0v) is 14.7. The third-order valence-corrected chi connectivity index (χ3v) is 5.04. The van der Waals surface area contributed by atoms with Crippen molar-refractivity contribution in [2.45, 2.75) is 80.1 Å². The second kappa shape index (κ2) is 7.29. The molecule has 0 fully saturated rings. The average Bonchev–Trinajstić information content (AvgIpc) is 2.38. The topological polar surface area (TPSA) is 0 Å². The molecule has 0 heteroatoms. The fraction of sp³-hybridized carbons (Fsp3) is 0.700. The van der Waals surface area contributed by atoms with Gasteiger partial charge in [-0.3, -0.25) is 0 Å². The van der Waals surface area contributed by atoms with Gasteiger partial charge in [-0.25, -0.2) is 0 Å². The first kappa shape index (κ1) is 17.3. The van der Waals surface area contributed by atoms with E-state index in [0.29, 0.717) is 11.3 Å². The van der Waals surface area contributed by atoms with E-state index >= 15 is 0 Å². The van der Waals surface area contributed by atoms with E-state index in [-0.39, 0.29) is 0 Å². The molecular weight excluding hydrogens is 240 g/mol. The van der Waals surface area contributed by atoms with Crippen LogP contribution in [0.4, 0.5) is 0 Å². The molecule has 114 valence electrons. The molecule has 0 aromatic heterocycles. The van der Waals surface area contributed by atoms with Gasteiger partial charge in [0, 0.05) is 0 Å². The summed E-state index contributed by atoms with van der Waals surface area (Å²) in [6.45, 7) is 16.5. The van der Waals surface area contributed by atoms with E-state index in [4.69, 9.17) is 0 Å². The molecule has 0 aliphatic carbocycles. The van der Waals surface area contributed by atoms with Crippen molar-refractivity contribution < 1.29 is 0 Å². The minimum absolute atomic E-state index is 0.438. The molecule has 0 saturated carbocycles. The van der Waals surface area contributed by atoms with Crippen LogP contribution in [0.15, 0.2) is 18.2 Å². The summed E-state index contributed by atoms with van der Waals surface area (Å²) < 4.78 is 0. The van der Waals surface area contributed by atoms with Crippen LogP contribution in [0.1, 0.15) is 83.9 Å². The molecule has 0 saturated heterocycles. The Labute approximate surface area is 127 Å². The first-order valence-electron chi connectivity index (χ1n) is 8.44. The van der Waals surface area contributed by atoms with E-state index in [0.717, 1.165) is 12.3 Å². The van der Waals surface area contributed by atoms with Gasteiger partial charge in [0.25, 0.3) is 0 Å². The molecular formula is C20H34. The van der Waals surface area contributed by atoms with Gasteiger partial charge in [-0.1, -0.05) is 73.1 Å². The summed E-state index contributed by atoms with van der Waals surface area (Å²) in [4.78, 5) is 0. The Bertz CT molecular complexity index is 412. The quantitative estimate of drug-likeness (QED) is 0.541. The molecule has 1 rings (SSSR count). The molecule has 0 aliphatic heterocycles. The molecule has 0 nitrogen and oxygen atoms in total. The largest absolute Gasteiger partial charge is 0.0654 e. The summed E-state index contributed by atoms with van der Waals surface area (Å²) in [6, 6.07) is 6.92. The number of benzene rings is 1. The van der Waals surface area contributed by atoms with Crippen molar-refractivity contribution in [3.05, 3.63) is 34.9 Å². The van der Waals surface area contributed by atoms with Crippen LogP contribution >= 0.6 is 0 Å². The fourth-order valence-corrected chi connectivity index (χ4v) is 3.31. The molecule has 0 bridgehead atoms. The molecule has 1 aromatic rings. The summed E-state index contributed by atoms with van der Waals surface area (Å²) in [5, 5.41) is 0. The van der Waals surface area contributed by atoms with Crippen LogP contribution in [0.2, 0.25) is 0 Å². The van der Waals surface area contributed by atoms with Crippen LogP contribution in [0.3, 0.4) is 0 Å². The highest BCUT2D eigenvalue weighted by molar-refractivity contribution is 5.37. The predicted octanol–water partition coefficient (Wildman–Crippen LogP) is 6.38. The number of hydrogen-bond acceptors (Lipinski definition) is 0. The molecule has 0 aliphatic rings. The van der Waals surface area contributed by atoms with Gasteiger partial charge in [-0.05, 0) is 53.2 Å². The van der Waals surface area contributed by atoms with E-state index in [1.165, 1.54) is 19.3 Å². The van der Waals surface area contributed by atoms with Crippen LogP contribution in [0.5, 0.6) is 0 Å². The zero-order valence-electron chi connectivity index (χ0n) is 14.7. The minimum Gasteiger partial charge on any atom is -0.0654 e. The van der Waals surface area contributed by atoms with Crippen LogP contribution in [-0.4, -0.2) is 0 Å². The second-order valence-electron chi connectivity index (χ2n) is 7.34. The Hall–Kier alpha value is -0.780. The van der Waals surface area contributed by atoms with Gasteiger partial charge in [0.1, 0.15) is 0 Å². The van der Waals surface area contributed by atoms with E-state index in [1.807, 2.05) is 0 Å². The highest BCUT2D eigenvalue weighted by Gasteiger charge is 2.25. The number of rotatable bonds is 7. The molecule has 1 atom stereocenters. The van der Waals surface area contributed by atoms with Crippen LogP contribution in [0, 0.1) is 11.3 Å². The van der Waals surface area contributed by atoms with Gasteiger partial charge in [0.05, 0.1) is 0 Å². The van der Waals surface area contributed by atoms with Crippen molar-refractivity contribution in [2.24, 2.45) is 11.3 Å². The molecule has 0 radical (unpaired) electrons. The summed E-state index contributed by atoms with van der Waals surface area (Å²) in [7, 11) is 0. The van der Waals surface area contributed by atoms with E-state index in [1.54, 1.807) is 16.7 Å². The molecule has 0 spiro atoms. The van der Waals surface area contributed by atoms with E-state index < -0.39 is 0 Å². The van der Waals surface area contributed by atoms with Crippen LogP contribution in [0.25, 0.3) is 0 Å². The Kier molecular flexibility index (Phi) is 6.30. The van der Waals surface area contributed by atoms with Crippen molar-refractivity contribution in [2.75, 3.05) is 0 Å². The highest BCUT2D eigenvalue weighted by atomic mass is 14.3. The standard InChI is InChI=1S/C20H34/c1-8-13-20(6,7)16(5)14-17-11-10-12-19(15(3)4)18(17)9-2/h10-12,15-16H,8-9,13-14H2,1-7H3. The third kappa shape index (κ3) is 4.11. The maximum absolute atomic E-state index is 2.43. The van der Waals surface area contributed by atoms with Crippen LogP contribution in [-0.2, 0) is 12.8 Å². The molecule has 20 heavy (non-hydrogen) atoms. The smallest absolute Gasteiger partial charge is 0.0216 e. The normalized spacial score (nSPS) is 13.8. The summed E-state index contributed by atoms with van der Waals surface area (Å²) in [6.07, 6.45) is 4.98. The van der Waals surface area contributed by atoms with Crippen molar-refractivity contribution in [3.8, 4) is 0 Å². The number of hydrogen-bond donors (Lipinski definition) is 0. The van der Waals surface area contributed by atoms with Crippen molar-refractivity contribution in [1.82, 2.24) is 0 Å². The Morgan fingerprint density at radius 1 is 1.05 bits per heavy atom. The van der Waals surface area contributed by atoms with Gasteiger partial charge >= 0.3 is 0 Å². The van der Waals surface area contributed by atoms with Gasteiger partial charge < -0.3 is 0 Å². The molecule has 0 heterocycles. The zero-order chi connectivity index (χ0) is 15.3. The van der Waals surface area contributed by atoms with Gasteiger partial charge in [0.2, 0.25) is 0 Å². The molecule has 1 unspecified atom stereocenters.